The van der Waals surface area contributed by atoms with Gasteiger partial charge in [0.2, 0.25) is 10.0 Å². The second-order valence-corrected chi connectivity index (χ2v) is 8.90. The maximum Gasteiger partial charge on any atom is 0.263 e. The highest BCUT2D eigenvalue weighted by Crippen LogP contribution is 2.27. The molecule has 6 nitrogen and oxygen atoms in total. The molecule has 1 fully saturated rings. The van der Waals surface area contributed by atoms with Crippen molar-refractivity contribution in [1.29, 1.82) is 5.26 Å². The highest BCUT2D eigenvalue weighted by atomic mass is 32.2. The van der Waals surface area contributed by atoms with Crippen LogP contribution in [0.1, 0.15) is 40.1 Å². The minimum Gasteiger partial charge on any atom is -0.347 e. The van der Waals surface area contributed by atoms with Gasteiger partial charge in [0, 0.05) is 19.6 Å². The van der Waals surface area contributed by atoms with Crippen LogP contribution in [-0.4, -0.2) is 31.7 Å². The van der Waals surface area contributed by atoms with E-state index in [1.54, 1.807) is 29.6 Å². The smallest absolute Gasteiger partial charge is 0.263 e. The summed E-state index contributed by atoms with van der Waals surface area (Å²) >= 11 is 1.12. The van der Waals surface area contributed by atoms with E-state index in [9.17, 15) is 13.2 Å². The molecule has 1 aromatic heterocycles. The number of amides is 1. The highest BCUT2D eigenvalue weighted by Gasteiger charge is 2.30. The van der Waals surface area contributed by atoms with Crippen molar-refractivity contribution in [1.82, 2.24) is 9.62 Å². The first-order chi connectivity index (χ1) is 12.5. The standard InChI is InChI=1S/C18H19N3O3S2/c19-12-14-5-4-6-15(11-14)13-20-18(22)17-16(7-10-25-17)26(23,24)21-8-2-1-3-9-21/h4-7,10-11H,1-3,8-9,13H2,(H,20,22). The van der Waals surface area contributed by atoms with E-state index in [-0.39, 0.29) is 16.3 Å². The summed E-state index contributed by atoms with van der Waals surface area (Å²) in [5.74, 6) is -0.419. The fraction of sp³-hybridized carbons (Fsp3) is 0.333. The van der Waals surface area contributed by atoms with Crippen LogP contribution >= 0.6 is 11.3 Å². The molecule has 2 heterocycles. The van der Waals surface area contributed by atoms with E-state index in [0.717, 1.165) is 36.2 Å². The Morgan fingerprint density at radius 2 is 2.00 bits per heavy atom. The van der Waals surface area contributed by atoms with Crippen molar-refractivity contribution >= 4 is 27.3 Å². The van der Waals surface area contributed by atoms with Gasteiger partial charge in [-0.3, -0.25) is 4.79 Å². The van der Waals surface area contributed by atoms with Crippen molar-refractivity contribution in [3.05, 3.63) is 51.7 Å². The number of sulfonamides is 1. The van der Waals surface area contributed by atoms with Crippen molar-refractivity contribution in [3.8, 4) is 6.07 Å². The lowest BCUT2D eigenvalue weighted by atomic mass is 10.1. The van der Waals surface area contributed by atoms with Crippen molar-refractivity contribution in [2.24, 2.45) is 0 Å². The van der Waals surface area contributed by atoms with Gasteiger partial charge < -0.3 is 5.32 Å². The van der Waals surface area contributed by atoms with Crippen LogP contribution < -0.4 is 5.32 Å². The minimum absolute atomic E-state index is 0.0766. The summed E-state index contributed by atoms with van der Waals surface area (Å²) < 4.78 is 27.2. The Morgan fingerprint density at radius 3 is 2.73 bits per heavy atom. The lowest BCUT2D eigenvalue weighted by Crippen LogP contribution is -2.36. The Hall–Kier alpha value is -2.21. The van der Waals surface area contributed by atoms with Gasteiger partial charge in [-0.2, -0.15) is 9.57 Å². The number of hydrogen-bond donors (Lipinski definition) is 1. The van der Waals surface area contributed by atoms with Gasteiger partial charge in [-0.05, 0) is 42.0 Å². The average Bonchev–Trinajstić information content (AvgIpc) is 3.18. The van der Waals surface area contributed by atoms with Gasteiger partial charge in [0.1, 0.15) is 9.77 Å². The van der Waals surface area contributed by atoms with E-state index in [1.165, 1.54) is 10.4 Å². The molecule has 1 aliphatic rings. The normalized spacial score (nSPS) is 15.3. The Morgan fingerprint density at radius 1 is 1.23 bits per heavy atom. The molecule has 1 N–H and O–H groups in total. The second-order valence-electron chi connectivity index (χ2n) is 6.07. The van der Waals surface area contributed by atoms with Crippen LogP contribution in [-0.2, 0) is 16.6 Å². The van der Waals surface area contributed by atoms with Crippen LogP contribution in [0, 0.1) is 11.3 Å². The molecule has 1 aromatic carbocycles. The number of nitriles is 1. The molecule has 0 bridgehead atoms. The molecule has 0 aliphatic carbocycles. The average molecular weight is 390 g/mol. The Bertz CT molecular complexity index is 939. The summed E-state index contributed by atoms with van der Waals surface area (Å²) in [6, 6.07) is 10.5. The van der Waals surface area contributed by atoms with Gasteiger partial charge in [-0.15, -0.1) is 11.3 Å². The maximum absolute atomic E-state index is 12.8. The Balaban J connectivity index is 1.75. The van der Waals surface area contributed by atoms with Crippen molar-refractivity contribution < 1.29 is 13.2 Å². The largest absolute Gasteiger partial charge is 0.347 e. The number of carbonyl (C=O) groups is 1. The quantitative estimate of drug-likeness (QED) is 0.851. The number of hydrogen-bond acceptors (Lipinski definition) is 5. The number of thiophene rings is 1. The zero-order chi connectivity index (χ0) is 18.6. The van der Waals surface area contributed by atoms with E-state index >= 15 is 0 Å². The van der Waals surface area contributed by atoms with E-state index < -0.39 is 15.9 Å². The molecule has 0 unspecified atom stereocenters. The fourth-order valence-corrected chi connectivity index (χ4v) is 5.76. The summed E-state index contributed by atoms with van der Waals surface area (Å²) in [5, 5.41) is 13.3. The molecule has 1 aliphatic heterocycles. The highest BCUT2D eigenvalue weighted by molar-refractivity contribution is 7.89. The van der Waals surface area contributed by atoms with Crippen LogP contribution in [0.5, 0.6) is 0 Å². The van der Waals surface area contributed by atoms with Gasteiger partial charge in [-0.1, -0.05) is 18.6 Å². The lowest BCUT2D eigenvalue weighted by molar-refractivity contribution is 0.0952. The molecule has 1 amide bonds. The second kappa shape index (κ2) is 7.99. The van der Waals surface area contributed by atoms with Crippen LogP contribution in [0.25, 0.3) is 0 Å². The first-order valence-corrected chi connectivity index (χ1v) is 10.7. The Kier molecular flexibility index (Phi) is 5.71. The summed E-state index contributed by atoms with van der Waals surface area (Å²) in [5.41, 5.74) is 1.30. The molecule has 0 spiro atoms. The molecule has 0 atom stereocenters. The lowest BCUT2D eigenvalue weighted by Gasteiger charge is -2.25. The zero-order valence-electron chi connectivity index (χ0n) is 14.1. The zero-order valence-corrected chi connectivity index (χ0v) is 15.8. The van der Waals surface area contributed by atoms with Gasteiger partial charge in [0.05, 0.1) is 11.6 Å². The third-order valence-corrected chi connectivity index (χ3v) is 7.26. The van der Waals surface area contributed by atoms with Crippen LogP contribution in [0.2, 0.25) is 0 Å². The number of nitrogens with one attached hydrogen (secondary N) is 1. The molecule has 0 saturated carbocycles. The predicted molar refractivity (Wildman–Crippen MR) is 99.3 cm³/mol. The fourth-order valence-electron chi connectivity index (χ4n) is 2.92. The topological polar surface area (TPSA) is 90.3 Å². The molecule has 8 heteroatoms. The molecule has 0 radical (unpaired) electrons. The first kappa shape index (κ1) is 18.6. The van der Waals surface area contributed by atoms with E-state index in [4.69, 9.17) is 5.26 Å². The maximum atomic E-state index is 12.8. The minimum atomic E-state index is -3.65. The number of rotatable bonds is 5. The first-order valence-electron chi connectivity index (χ1n) is 8.37. The van der Waals surface area contributed by atoms with Gasteiger partial charge in [-0.25, -0.2) is 8.42 Å². The molecule has 3 rings (SSSR count). The third kappa shape index (κ3) is 3.96. The van der Waals surface area contributed by atoms with E-state index in [1.807, 2.05) is 0 Å². The summed E-state index contributed by atoms with van der Waals surface area (Å²) in [6.07, 6.45) is 2.73. The van der Waals surface area contributed by atoms with Crippen molar-refractivity contribution in [2.45, 2.75) is 30.7 Å². The molecule has 26 heavy (non-hydrogen) atoms. The van der Waals surface area contributed by atoms with E-state index in [2.05, 4.69) is 11.4 Å². The van der Waals surface area contributed by atoms with Crippen molar-refractivity contribution in [2.75, 3.05) is 13.1 Å². The number of nitrogens with zero attached hydrogens (tertiary/aromatic N) is 2. The molecule has 2 aromatic rings. The van der Waals surface area contributed by atoms with Crippen LogP contribution in [0.4, 0.5) is 0 Å². The predicted octanol–water partition coefficient (Wildman–Crippen LogP) is 2.72. The van der Waals surface area contributed by atoms with Crippen LogP contribution in [0.15, 0.2) is 40.6 Å². The molecule has 136 valence electrons. The van der Waals surface area contributed by atoms with Gasteiger partial charge >= 0.3 is 0 Å². The van der Waals surface area contributed by atoms with Crippen LogP contribution in [0.3, 0.4) is 0 Å². The third-order valence-electron chi connectivity index (χ3n) is 4.28. The number of benzene rings is 1. The summed E-state index contributed by atoms with van der Waals surface area (Å²) in [6.45, 7) is 1.23. The molecular formula is C18H19N3O3S2. The van der Waals surface area contributed by atoms with Crippen molar-refractivity contribution in [3.63, 3.8) is 0 Å². The molecular weight excluding hydrogens is 370 g/mol. The Labute approximate surface area is 157 Å². The van der Waals surface area contributed by atoms with E-state index in [0.29, 0.717) is 18.7 Å². The summed E-state index contributed by atoms with van der Waals surface area (Å²) in [4.78, 5) is 12.8. The monoisotopic (exact) mass is 389 g/mol. The van der Waals surface area contributed by atoms with Gasteiger partial charge in [0.15, 0.2) is 0 Å². The van der Waals surface area contributed by atoms with Gasteiger partial charge in [0.25, 0.3) is 5.91 Å². The summed E-state index contributed by atoms with van der Waals surface area (Å²) in [7, 11) is -3.65. The molecule has 1 saturated heterocycles. The number of piperidine rings is 1. The number of carbonyl (C=O) groups excluding carboxylic acids is 1. The SMILES string of the molecule is N#Cc1cccc(CNC(=O)c2sccc2S(=O)(=O)N2CCCCC2)c1.